The molecular formula is C20H26N4O2. The molecule has 26 heavy (non-hydrogen) atoms. The molecule has 1 amide bonds. The van der Waals surface area contributed by atoms with Gasteiger partial charge in [0.2, 0.25) is 5.95 Å². The van der Waals surface area contributed by atoms with Crippen LogP contribution < -0.4 is 4.90 Å². The summed E-state index contributed by atoms with van der Waals surface area (Å²) in [5.41, 5.74) is 2.62. The van der Waals surface area contributed by atoms with Crippen molar-refractivity contribution in [3.63, 3.8) is 0 Å². The Hall–Kier alpha value is -2.34. The summed E-state index contributed by atoms with van der Waals surface area (Å²) in [6.07, 6.45) is 4.22. The van der Waals surface area contributed by atoms with Crippen LogP contribution in [-0.4, -0.2) is 59.2 Å². The van der Waals surface area contributed by atoms with E-state index in [0.29, 0.717) is 18.0 Å². The Bertz CT molecular complexity index is 849. The SMILES string of the molecule is CC(C)C1C=CCN1C(=O)c1ccc2c(c1)nc(N1CCOCC1)n2C. The zero-order valence-electron chi connectivity index (χ0n) is 15.7. The fraction of sp³-hybridized carbons (Fsp3) is 0.500. The van der Waals surface area contributed by atoms with E-state index in [0.717, 1.165) is 43.3 Å². The van der Waals surface area contributed by atoms with Crippen LogP contribution in [0.5, 0.6) is 0 Å². The second kappa shape index (κ2) is 6.76. The lowest BCUT2D eigenvalue weighted by atomic mass is 10.0. The molecule has 2 aliphatic heterocycles. The third-order valence-corrected chi connectivity index (χ3v) is 5.34. The number of hydrogen-bond acceptors (Lipinski definition) is 4. The highest BCUT2D eigenvalue weighted by Crippen LogP contribution is 2.25. The number of anilines is 1. The van der Waals surface area contributed by atoms with Gasteiger partial charge in [-0.1, -0.05) is 26.0 Å². The van der Waals surface area contributed by atoms with Gasteiger partial charge in [0, 0.05) is 32.2 Å². The van der Waals surface area contributed by atoms with Crippen molar-refractivity contribution in [1.82, 2.24) is 14.5 Å². The zero-order chi connectivity index (χ0) is 18.3. The molecule has 1 fully saturated rings. The monoisotopic (exact) mass is 354 g/mol. The Morgan fingerprint density at radius 3 is 2.77 bits per heavy atom. The quantitative estimate of drug-likeness (QED) is 0.795. The number of rotatable bonds is 3. The maximum atomic E-state index is 13.0. The highest BCUT2D eigenvalue weighted by atomic mass is 16.5. The van der Waals surface area contributed by atoms with E-state index in [4.69, 9.17) is 9.72 Å². The maximum Gasteiger partial charge on any atom is 0.254 e. The summed E-state index contributed by atoms with van der Waals surface area (Å²) in [4.78, 5) is 22.0. The predicted molar refractivity (Wildman–Crippen MR) is 103 cm³/mol. The van der Waals surface area contributed by atoms with Gasteiger partial charge in [-0.2, -0.15) is 0 Å². The van der Waals surface area contributed by atoms with Crippen LogP contribution in [0.25, 0.3) is 11.0 Å². The van der Waals surface area contributed by atoms with Crippen molar-refractivity contribution in [2.45, 2.75) is 19.9 Å². The van der Waals surface area contributed by atoms with E-state index in [1.807, 2.05) is 30.1 Å². The Morgan fingerprint density at radius 1 is 1.27 bits per heavy atom. The van der Waals surface area contributed by atoms with Crippen LogP contribution in [0.3, 0.4) is 0 Å². The minimum atomic E-state index is 0.0779. The first-order valence-electron chi connectivity index (χ1n) is 9.33. The van der Waals surface area contributed by atoms with E-state index in [9.17, 15) is 4.79 Å². The first-order chi connectivity index (χ1) is 12.6. The number of carbonyl (C=O) groups excluding carboxylic acids is 1. The number of fused-ring (bicyclic) bond motifs is 1. The number of carbonyl (C=O) groups is 1. The van der Waals surface area contributed by atoms with Crippen LogP contribution in [0.2, 0.25) is 0 Å². The number of imidazole rings is 1. The Balaban J connectivity index is 1.64. The van der Waals surface area contributed by atoms with Crippen LogP contribution in [0, 0.1) is 5.92 Å². The molecule has 3 heterocycles. The van der Waals surface area contributed by atoms with Crippen LogP contribution in [0.15, 0.2) is 30.4 Å². The fourth-order valence-corrected chi connectivity index (χ4v) is 3.87. The Morgan fingerprint density at radius 2 is 2.04 bits per heavy atom. The minimum absolute atomic E-state index is 0.0779. The molecule has 1 atom stereocenters. The van der Waals surface area contributed by atoms with Crippen molar-refractivity contribution in [1.29, 1.82) is 0 Å². The number of hydrogen-bond donors (Lipinski definition) is 0. The van der Waals surface area contributed by atoms with E-state index in [1.54, 1.807) is 0 Å². The second-order valence-corrected chi connectivity index (χ2v) is 7.39. The topological polar surface area (TPSA) is 50.6 Å². The molecule has 6 heteroatoms. The highest BCUT2D eigenvalue weighted by Gasteiger charge is 2.28. The lowest BCUT2D eigenvalue weighted by Crippen LogP contribution is -2.39. The molecule has 138 valence electrons. The summed E-state index contributed by atoms with van der Waals surface area (Å²) in [5.74, 6) is 1.43. The van der Waals surface area contributed by atoms with E-state index in [-0.39, 0.29) is 11.9 Å². The summed E-state index contributed by atoms with van der Waals surface area (Å²) in [7, 11) is 2.03. The number of nitrogens with zero attached hydrogens (tertiary/aromatic N) is 4. The minimum Gasteiger partial charge on any atom is -0.378 e. The molecule has 4 rings (SSSR count). The maximum absolute atomic E-state index is 13.0. The van der Waals surface area contributed by atoms with Gasteiger partial charge in [-0.25, -0.2) is 4.98 Å². The van der Waals surface area contributed by atoms with Crippen molar-refractivity contribution in [3.05, 3.63) is 35.9 Å². The standard InChI is InChI=1S/C20H26N4O2/c1-14(2)17-5-4-8-24(17)19(25)15-6-7-18-16(13-15)21-20(22(18)3)23-9-11-26-12-10-23/h4-7,13-14,17H,8-12H2,1-3H3. The highest BCUT2D eigenvalue weighted by molar-refractivity contribution is 5.98. The average molecular weight is 354 g/mol. The number of benzene rings is 1. The number of aryl methyl sites for hydroxylation is 1. The van der Waals surface area contributed by atoms with Gasteiger partial charge in [0.1, 0.15) is 0 Å². The summed E-state index contributed by atoms with van der Waals surface area (Å²) >= 11 is 0. The first-order valence-corrected chi connectivity index (χ1v) is 9.33. The van der Waals surface area contributed by atoms with Gasteiger partial charge in [-0.3, -0.25) is 4.79 Å². The second-order valence-electron chi connectivity index (χ2n) is 7.39. The van der Waals surface area contributed by atoms with Crippen LogP contribution in [-0.2, 0) is 11.8 Å². The molecule has 1 unspecified atom stereocenters. The van der Waals surface area contributed by atoms with Gasteiger partial charge in [0.15, 0.2) is 0 Å². The Kier molecular flexibility index (Phi) is 4.44. The number of morpholine rings is 1. The van der Waals surface area contributed by atoms with Gasteiger partial charge in [0.25, 0.3) is 5.91 Å². The predicted octanol–water partition coefficient (Wildman–Crippen LogP) is 2.45. The number of ether oxygens (including phenoxy) is 1. The third kappa shape index (κ3) is 2.88. The molecule has 0 radical (unpaired) electrons. The van der Waals surface area contributed by atoms with Gasteiger partial charge in [-0.15, -0.1) is 0 Å². The lowest BCUT2D eigenvalue weighted by molar-refractivity contribution is 0.0720. The molecule has 6 nitrogen and oxygen atoms in total. The van der Waals surface area contributed by atoms with Crippen molar-refractivity contribution in [3.8, 4) is 0 Å². The Labute approximate surface area is 154 Å². The molecule has 0 saturated carbocycles. The van der Waals surface area contributed by atoms with Gasteiger partial charge in [0.05, 0.1) is 30.3 Å². The fourth-order valence-electron chi connectivity index (χ4n) is 3.87. The number of amides is 1. The average Bonchev–Trinajstić information content (AvgIpc) is 3.27. The summed E-state index contributed by atoms with van der Waals surface area (Å²) in [6, 6.07) is 6.03. The summed E-state index contributed by atoms with van der Waals surface area (Å²) in [6.45, 7) is 8.13. The van der Waals surface area contributed by atoms with Crippen LogP contribution in [0.4, 0.5) is 5.95 Å². The summed E-state index contributed by atoms with van der Waals surface area (Å²) < 4.78 is 7.54. The van der Waals surface area contributed by atoms with Crippen molar-refractivity contribution < 1.29 is 9.53 Å². The van der Waals surface area contributed by atoms with Gasteiger partial charge in [-0.05, 0) is 24.1 Å². The van der Waals surface area contributed by atoms with Crippen LogP contribution >= 0.6 is 0 Å². The van der Waals surface area contributed by atoms with Crippen molar-refractivity contribution in [2.75, 3.05) is 37.7 Å². The largest absolute Gasteiger partial charge is 0.378 e. The molecule has 0 aliphatic carbocycles. The molecule has 2 aliphatic rings. The van der Waals surface area contributed by atoms with Crippen molar-refractivity contribution in [2.24, 2.45) is 13.0 Å². The van der Waals surface area contributed by atoms with E-state index in [2.05, 4.69) is 35.5 Å². The third-order valence-electron chi connectivity index (χ3n) is 5.34. The normalized spacial score (nSPS) is 20.5. The lowest BCUT2D eigenvalue weighted by Gasteiger charge is -2.27. The van der Waals surface area contributed by atoms with E-state index >= 15 is 0 Å². The molecule has 1 aromatic heterocycles. The molecular weight excluding hydrogens is 328 g/mol. The molecule has 0 spiro atoms. The van der Waals surface area contributed by atoms with E-state index < -0.39 is 0 Å². The molecule has 0 N–H and O–H groups in total. The van der Waals surface area contributed by atoms with Crippen LogP contribution in [0.1, 0.15) is 24.2 Å². The first kappa shape index (κ1) is 17.1. The molecule has 1 aromatic carbocycles. The summed E-state index contributed by atoms with van der Waals surface area (Å²) in [5, 5.41) is 0. The zero-order valence-corrected chi connectivity index (χ0v) is 15.7. The molecule has 1 saturated heterocycles. The van der Waals surface area contributed by atoms with Gasteiger partial charge < -0.3 is 19.1 Å². The molecule has 2 aromatic rings. The van der Waals surface area contributed by atoms with E-state index in [1.165, 1.54) is 0 Å². The van der Waals surface area contributed by atoms with Crippen molar-refractivity contribution >= 4 is 22.9 Å². The molecule has 0 bridgehead atoms. The smallest absolute Gasteiger partial charge is 0.254 e. The van der Waals surface area contributed by atoms with Gasteiger partial charge >= 0.3 is 0 Å². The number of aromatic nitrogens is 2.